The Morgan fingerprint density at radius 2 is 2.13 bits per heavy atom. The third-order valence-corrected chi connectivity index (χ3v) is 4.88. The van der Waals surface area contributed by atoms with Crippen LogP contribution in [-0.4, -0.2) is 24.5 Å². The Balaban J connectivity index is 1.84. The highest BCUT2D eigenvalue weighted by atomic mass is 32.1. The lowest BCUT2D eigenvalue weighted by Gasteiger charge is -2.21. The molecular formula is C17H21N3O2S. The molecule has 1 aliphatic heterocycles. The summed E-state index contributed by atoms with van der Waals surface area (Å²) in [5.41, 5.74) is 1.12. The van der Waals surface area contributed by atoms with E-state index in [9.17, 15) is 4.79 Å². The van der Waals surface area contributed by atoms with Crippen LogP contribution in [0.5, 0.6) is 5.75 Å². The van der Waals surface area contributed by atoms with Crippen molar-refractivity contribution in [2.24, 2.45) is 5.92 Å². The van der Waals surface area contributed by atoms with E-state index < -0.39 is 0 Å². The average Bonchev–Trinajstić information content (AvgIpc) is 2.95. The van der Waals surface area contributed by atoms with Crippen molar-refractivity contribution in [1.29, 1.82) is 0 Å². The van der Waals surface area contributed by atoms with Gasteiger partial charge in [0, 0.05) is 19.4 Å². The van der Waals surface area contributed by atoms with Gasteiger partial charge in [-0.1, -0.05) is 37.3 Å². The molecule has 23 heavy (non-hydrogen) atoms. The first-order valence-corrected chi connectivity index (χ1v) is 8.59. The molecule has 1 aliphatic rings. The summed E-state index contributed by atoms with van der Waals surface area (Å²) >= 11 is 1.59. The summed E-state index contributed by atoms with van der Waals surface area (Å²) in [6.07, 6.45) is 0.449. The lowest BCUT2D eigenvalue weighted by atomic mass is 9.91. The number of nitrogens with one attached hydrogen (secondary N) is 2. The second kappa shape index (κ2) is 6.58. The highest BCUT2D eigenvalue weighted by Gasteiger charge is 2.30. The highest BCUT2D eigenvalue weighted by molar-refractivity contribution is 7.16. The quantitative estimate of drug-likeness (QED) is 0.877. The summed E-state index contributed by atoms with van der Waals surface area (Å²) < 4.78 is 5.72. The van der Waals surface area contributed by atoms with Crippen LogP contribution < -0.4 is 15.4 Å². The summed E-state index contributed by atoms with van der Waals surface area (Å²) in [4.78, 5) is 17.5. The summed E-state index contributed by atoms with van der Waals surface area (Å²) in [7, 11) is 1.84. The lowest BCUT2D eigenvalue weighted by molar-refractivity contribution is -0.116. The van der Waals surface area contributed by atoms with Crippen molar-refractivity contribution in [2.75, 3.05) is 24.3 Å². The van der Waals surface area contributed by atoms with E-state index in [1.807, 2.05) is 31.3 Å². The minimum atomic E-state index is 0.00980. The molecule has 0 saturated carbocycles. The fourth-order valence-corrected chi connectivity index (χ4v) is 3.56. The summed E-state index contributed by atoms with van der Waals surface area (Å²) in [5.74, 6) is 2.11. The number of carbonyl (C=O) groups excluding carboxylic acids is 1. The first-order chi connectivity index (χ1) is 11.1. The van der Waals surface area contributed by atoms with Crippen molar-refractivity contribution in [3.8, 4) is 5.75 Å². The minimum absolute atomic E-state index is 0.00980. The van der Waals surface area contributed by atoms with E-state index in [4.69, 9.17) is 4.74 Å². The van der Waals surface area contributed by atoms with Crippen LogP contribution in [0.15, 0.2) is 24.3 Å². The number of thiazole rings is 1. The van der Waals surface area contributed by atoms with Gasteiger partial charge in [-0.25, -0.2) is 4.98 Å². The summed E-state index contributed by atoms with van der Waals surface area (Å²) in [6.45, 7) is 4.95. The molecule has 1 amide bonds. The Bertz CT molecular complexity index is 694. The predicted octanol–water partition coefficient (Wildman–Crippen LogP) is 3.69. The SMILES string of the molecule is CNc1nc2c(s1)C(c1ccc(OCC(C)C)cc1)CC(=O)N2. The number of benzene rings is 1. The van der Waals surface area contributed by atoms with Gasteiger partial charge in [0.25, 0.3) is 0 Å². The number of carbonyl (C=O) groups is 1. The van der Waals surface area contributed by atoms with E-state index in [1.165, 1.54) is 0 Å². The van der Waals surface area contributed by atoms with E-state index in [1.54, 1.807) is 11.3 Å². The number of rotatable bonds is 5. The van der Waals surface area contributed by atoms with Gasteiger partial charge in [0.05, 0.1) is 11.5 Å². The number of nitrogens with zero attached hydrogens (tertiary/aromatic N) is 1. The fraction of sp³-hybridized carbons (Fsp3) is 0.412. The van der Waals surface area contributed by atoms with E-state index >= 15 is 0 Å². The van der Waals surface area contributed by atoms with E-state index in [-0.39, 0.29) is 11.8 Å². The molecule has 2 N–H and O–H groups in total. The number of anilines is 2. The van der Waals surface area contributed by atoms with Gasteiger partial charge >= 0.3 is 0 Å². The second-order valence-electron chi connectivity index (χ2n) is 6.06. The number of hydrogen-bond acceptors (Lipinski definition) is 5. The predicted molar refractivity (Wildman–Crippen MR) is 93.5 cm³/mol. The number of aromatic nitrogens is 1. The maximum atomic E-state index is 12.0. The smallest absolute Gasteiger partial charge is 0.226 e. The number of hydrogen-bond donors (Lipinski definition) is 2. The minimum Gasteiger partial charge on any atom is -0.493 e. The maximum absolute atomic E-state index is 12.0. The number of amides is 1. The van der Waals surface area contributed by atoms with Gasteiger partial charge in [0.15, 0.2) is 5.13 Å². The third kappa shape index (κ3) is 3.47. The van der Waals surface area contributed by atoms with Gasteiger partial charge in [-0.3, -0.25) is 4.79 Å². The molecule has 3 rings (SSSR count). The molecule has 0 aliphatic carbocycles. The molecule has 0 radical (unpaired) electrons. The first-order valence-electron chi connectivity index (χ1n) is 7.78. The van der Waals surface area contributed by atoms with E-state index in [2.05, 4.69) is 29.5 Å². The topological polar surface area (TPSA) is 63.3 Å². The van der Waals surface area contributed by atoms with Gasteiger partial charge in [-0.05, 0) is 23.6 Å². The maximum Gasteiger partial charge on any atom is 0.226 e. The van der Waals surface area contributed by atoms with Crippen molar-refractivity contribution in [2.45, 2.75) is 26.2 Å². The summed E-state index contributed by atoms with van der Waals surface area (Å²) in [6, 6.07) is 8.04. The van der Waals surface area contributed by atoms with E-state index in [0.29, 0.717) is 24.8 Å². The molecule has 0 saturated heterocycles. The monoisotopic (exact) mass is 331 g/mol. The molecule has 0 spiro atoms. The van der Waals surface area contributed by atoms with Crippen LogP contribution in [0.3, 0.4) is 0 Å². The van der Waals surface area contributed by atoms with Crippen LogP contribution >= 0.6 is 11.3 Å². The Morgan fingerprint density at radius 1 is 1.39 bits per heavy atom. The molecule has 0 bridgehead atoms. The van der Waals surface area contributed by atoms with Gasteiger partial charge < -0.3 is 15.4 Å². The van der Waals surface area contributed by atoms with Crippen LogP contribution in [-0.2, 0) is 4.79 Å². The van der Waals surface area contributed by atoms with Crippen LogP contribution in [0.1, 0.15) is 36.6 Å². The largest absolute Gasteiger partial charge is 0.493 e. The molecule has 122 valence electrons. The molecule has 0 fully saturated rings. The molecular weight excluding hydrogens is 310 g/mol. The molecule has 2 aromatic rings. The van der Waals surface area contributed by atoms with Gasteiger partial charge in [-0.2, -0.15) is 0 Å². The molecule has 1 unspecified atom stereocenters. The Labute approximate surface area is 140 Å². The van der Waals surface area contributed by atoms with Crippen LogP contribution in [0, 0.1) is 5.92 Å². The molecule has 1 aromatic heterocycles. The Morgan fingerprint density at radius 3 is 2.78 bits per heavy atom. The highest BCUT2D eigenvalue weighted by Crippen LogP contribution is 2.42. The zero-order valence-electron chi connectivity index (χ0n) is 13.6. The summed E-state index contributed by atoms with van der Waals surface area (Å²) in [5, 5.41) is 6.72. The van der Waals surface area contributed by atoms with E-state index in [0.717, 1.165) is 21.3 Å². The molecule has 1 aromatic carbocycles. The van der Waals surface area contributed by atoms with Gasteiger partial charge in [-0.15, -0.1) is 0 Å². The van der Waals surface area contributed by atoms with Crippen LogP contribution in [0.25, 0.3) is 0 Å². The normalized spacial score (nSPS) is 16.9. The van der Waals surface area contributed by atoms with Crippen molar-refractivity contribution in [3.05, 3.63) is 34.7 Å². The van der Waals surface area contributed by atoms with Crippen molar-refractivity contribution in [3.63, 3.8) is 0 Å². The fourth-order valence-electron chi connectivity index (χ4n) is 2.55. The molecule has 5 nitrogen and oxygen atoms in total. The zero-order chi connectivity index (χ0) is 16.4. The first kappa shape index (κ1) is 15.8. The van der Waals surface area contributed by atoms with Gasteiger partial charge in [0.1, 0.15) is 11.6 Å². The Hall–Kier alpha value is -2.08. The van der Waals surface area contributed by atoms with Crippen molar-refractivity contribution >= 4 is 28.2 Å². The average molecular weight is 331 g/mol. The number of fused-ring (bicyclic) bond motifs is 1. The second-order valence-corrected chi connectivity index (χ2v) is 7.09. The third-order valence-electron chi connectivity index (χ3n) is 3.70. The van der Waals surface area contributed by atoms with Crippen molar-refractivity contribution in [1.82, 2.24) is 4.98 Å². The van der Waals surface area contributed by atoms with Crippen LogP contribution in [0.4, 0.5) is 10.9 Å². The Kier molecular flexibility index (Phi) is 4.52. The molecule has 1 atom stereocenters. The lowest BCUT2D eigenvalue weighted by Crippen LogP contribution is -2.22. The zero-order valence-corrected chi connectivity index (χ0v) is 14.4. The van der Waals surface area contributed by atoms with Gasteiger partial charge in [0.2, 0.25) is 5.91 Å². The number of ether oxygens (including phenoxy) is 1. The van der Waals surface area contributed by atoms with Crippen LogP contribution in [0.2, 0.25) is 0 Å². The molecule has 6 heteroatoms. The van der Waals surface area contributed by atoms with Crippen molar-refractivity contribution < 1.29 is 9.53 Å². The standard InChI is InChI=1S/C17H21N3O2S/c1-10(2)9-22-12-6-4-11(5-7-12)13-8-14(21)19-16-15(13)23-17(18-3)20-16/h4-7,10,13H,8-9H2,1-3H3,(H,18,20)(H,19,21). The molecule has 2 heterocycles.